The molecule has 1 aliphatic carbocycles. The minimum absolute atomic E-state index is 0.0880. The summed E-state index contributed by atoms with van der Waals surface area (Å²) in [7, 11) is 4.84. The van der Waals surface area contributed by atoms with Gasteiger partial charge in [-0.3, -0.25) is 0 Å². The zero-order chi connectivity index (χ0) is 8.27. The van der Waals surface area contributed by atoms with Gasteiger partial charge in [0.2, 0.25) is 0 Å². The SMILES string of the molecule is COC1=C(OC)C(OC)C=C1. The number of hydrogen-bond donors (Lipinski definition) is 0. The molecule has 1 atom stereocenters. The Bertz CT molecular complexity index is 194. The zero-order valence-corrected chi connectivity index (χ0v) is 6.96. The molecule has 0 N–H and O–H groups in total. The zero-order valence-electron chi connectivity index (χ0n) is 6.96. The summed E-state index contributed by atoms with van der Waals surface area (Å²) in [6.07, 6.45) is 3.64. The molecule has 3 heteroatoms. The van der Waals surface area contributed by atoms with E-state index in [2.05, 4.69) is 0 Å². The van der Waals surface area contributed by atoms with Gasteiger partial charge in [-0.05, 0) is 12.2 Å². The van der Waals surface area contributed by atoms with Gasteiger partial charge in [0.25, 0.3) is 0 Å². The molecule has 62 valence electrons. The number of ether oxygens (including phenoxy) is 3. The van der Waals surface area contributed by atoms with Crippen molar-refractivity contribution in [1.29, 1.82) is 0 Å². The summed E-state index contributed by atoms with van der Waals surface area (Å²) >= 11 is 0. The average molecular weight is 156 g/mol. The van der Waals surface area contributed by atoms with E-state index < -0.39 is 0 Å². The first-order valence-corrected chi connectivity index (χ1v) is 3.36. The van der Waals surface area contributed by atoms with Gasteiger partial charge in [0, 0.05) is 7.11 Å². The Kier molecular flexibility index (Phi) is 2.54. The highest BCUT2D eigenvalue weighted by molar-refractivity contribution is 5.30. The molecule has 11 heavy (non-hydrogen) atoms. The van der Waals surface area contributed by atoms with Crippen molar-refractivity contribution in [3.05, 3.63) is 23.7 Å². The molecule has 0 aromatic heterocycles. The Morgan fingerprint density at radius 1 is 1.18 bits per heavy atom. The van der Waals surface area contributed by atoms with Crippen LogP contribution in [0.25, 0.3) is 0 Å². The lowest BCUT2D eigenvalue weighted by Gasteiger charge is -2.11. The predicted molar refractivity (Wildman–Crippen MR) is 41.0 cm³/mol. The standard InChI is InChI=1S/C8H12O3/c1-9-6-4-5-7(10-2)8(6)11-3/h4-6H,1-3H3. The Morgan fingerprint density at radius 3 is 2.36 bits per heavy atom. The topological polar surface area (TPSA) is 27.7 Å². The molecule has 0 aromatic carbocycles. The van der Waals surface area contributed by atoms with Crippen molar-refractivity contribution in [2.75, 3.05) is 21.3 Å². The highest BCUT2D eigenvalue weighted by Crippen LogP contribution is 2.22. The fourth-order valence-corrected chi connectivity index (χ4v) is 1.06. The van der Waals surface area contributed by atoms with Gasteiger partial charge >= 0.3 is 0 Å². The highest BCUT2D eigenvalue weighted by Gasteiger charge is 2.21. The molecule has 0 spiro atoms. The molecular weight excluding hydrogens is 144 g/mol. The lowest BCUT2D eigenvalue weighted by molar-refractivity contribution is 0.104. The fraction of sp³-hybridized carbons (Fsp3) is 0.500. The third-order valence-corrected chi connectivity index (χ3v) is 1.62. The smallest absolute Gasteiger partial charge is 0.170 e. The lowest BCUT2D eigenvalue weighted by Crippen LogP contribution is -2.10. The van der Waals surface area contributed by atoms with E-state index in [1.54, 1.807) is 21.3 Å². The lowest BCUT2D eigenvalue weighted by atomic mass is 10.3. The largest absolute Gasteiger partial charge is 0.494 e. The third kappa shape index (κ3) is 1.38. The normalized spacial score (nSPS) is 22.6. The van der Waals surface area contributed by atoms with Crippen LogP contribution >= 0.6 is 0 Å². The van der Waals surface area contributed by atoms with Gasteiger partial charge in [-0.15, -0.1) is 0 Å². The minimum atomic E-state index is -0.0880. The maximum absolute atomic E-state index is 5.10. The van der Waals surface area contributed by atoms with Gasteiger partial charge in [0.05, 0.1) is 14.2 Å². The van der Waals surface area contributed by atoms with Crippen molar-refractivity contribution in [3.63, 3.8) is 0 Å². The van der Waals surface area contributed by atoms with Crippen molar-refractivity contribution in [2.45, 2.75) is 6.10 Å². The molecule has 0 amide bonds. The highest BCUT2D eigenvalue weighted by atomic mass is 16.5. The van der Waals surface area contributed by atoms with E-state index >= 15 is 0 Å². The van der Waals surface area contributed by atoms with Crippen molar-refractivity contribution in [1.82, 2.24) is 0 Å². The Hall–Kier alpha value is -0.960. The van der Waals surface area contributed by atoms with Crippen LogP contribution in [0.3, 0.4) is 0 Å². The molecule has 0 heterocycles. The number of hydrogen-bond acceptors (Lipinski definition) is 3. The first kappa shape index (κ1) is 8.14. The van der Waals surface area contributed by atoms with Crippen LogP contribution in [0.4, 0.5) is 0 Å². The van der Waals surface area contributed by atoms with Gasteiger partial charge in [-0.1, -0.05) is 0 Å². The summed E-state index contributed by atoms with van der Waals surface area (Å²) in [4.78, 5) is 0. The van der Waals surface area contributed by atoms with E-state index in [0.717, 1.165) is 11.5 Å². The molecule has 1 unspecified atom stereocenters. The maximum atomic E-state index is 5.10. The monoisotopic (exact) mass is 156 g/mol. The van der Waals surface area contributed by atoms with Gasteiger partial charge in [0.15, 0.2) is 11.5 Å². The molecule has 1 rings (SSSR count). The fourth-order valence-electron chi connectivity index (χ4n) is 1.06. The molecule has 0 radical (unpaired) electrons. The second-order valence-corrected chi connectivity index (χ2v) is 2.15. The average Bonchev–Trinajstić information content (AvgIpc) is 2.45. The van der Waals surface area contributed by atoms with Gasteiger partial charge in [-0.25, -0.2) is 0 Å². The molecule has 0 fully saturated rings. The second-order valence-electron chi connectivity index (χ2n) is 2.15. The van der Waals surface area contributed by atoms with E-state index in [-0.39, 0.29) is 6.10 Å². The van der Waals surface area contributed by atoms with Crippen LogP contribution in [0.5, 0.6) is 0 Å². The van der Waals surface area contributed by atoms with Crippen molar-refractivity contribution >= 4 is 0 Å². The second kappa shape index (κ2) is 3.44. The van der Waals surface area contributed by atoms with Crippen LogP contribution in [0.2, 0.25) is 0 Å². The third-order valence-electron chi connectivity index (χ3n) is 1.62. The number of rotatable bonds is 3. The molecule has 3 nitrogen and oxygen atoms in total. The van der Waals surface area contributed by atoms with E-state index in [1.165, 1.54) is 0 Å². The summed E-state index contributed by atoms with van der Waals surface area (Å²) in [5.41, 5.74) is 0. The van der Waals surface area contributed by atoms with Crippen molar-refractivity contribution in [2.24, 2.45) is 0 Å². The molecule has 0 saturated heterocycles. The molecule has 1 aliphatic rings. The molecule has 0 bridgehead atoms. The molecule has 0 aromatic rings. The Morgan fingerprint density at radius 2 is 1.91 bits per heavy atom. The van der Waals surface area contributed by atoms with E-state index in [0.29, 0.717) is 0 Å². The van der Waals surface area contributed by atoms with Crippen LogP contribution in [0, 0.1) is 0 Å². The predicted octanol–water partition coefficient (Wildman–Crippen LogP) is 1.08. The first-order valence-electron chi connectivity index (χ1n) is 3.36. The quantitative estimate of drug-likeness (QED) is 0.611. The minimum Gasteiger partial charge on any atom is -0.494 e. The van der Waals surface area contributed by atoms with Crippen LogP contribution < -0.4 is 0 Å². The van der Waals surface area contributed by atoms with Crippen molar-refractivity contribution < 1.29 is 14.2 Å². The number of methoxy groups -OCH3 is 3. The molecule has 0 saturated carbocycles. The van der Waals surface area contributed by atoms with Gasteiger partial charge in [0.1, 0.15) is 6.10 Å². The summed E-state index contributed by atoms with van der Waals surface area (Å²) in [5.74, 6) is 1.47. The Labute approximate surface area is 66.2 Å². The number of allylic oxidation sites excluding steroid dienone is 1. The van der Waals surface area contributed by atoms with Crippen LogP contribution in [0.15, 0.2) is 23.7 Å². The summed E-state index contributed by atoms with van der Waals surface area (Å²) in [5, 5.41) is 0. The summed E-state index contributed by atoms with van der Waals surface area (Å²) in [6, 6.07) is 0. The van der Waals surface area contributed by atoms with Gasteiger partial charge in [-0.2, -0.15) is 0 Å². The molecular formula is C8H12O3. The van der Waals surface area contributed by atoms with Crippen LogP contribution in [-0.2, 0) is 14.2 Å². The van der Waals surface area contributed by atoms with Crippen LogP contribution in [-0.4, -0.2) is 27.4 Å². The van der Waals surface area contributed by atoms with E-state index in [9.17, 15) is 0 Å². The maximum Gasteiger partial charge on any atom is 0.170 e. The van der Waals surface area contributed by atoms with Crippen molar-refractivity contribution in [3.8, 4) is 0 Å². The van der Waals surface area contributed by atoms with Gasteiger partial charge < -0.3 is 14.2 Å². The Balaban J connectivity index is 2.77. The summed E-state index contributed by atoms with van der Waals surface area (Å²) < 4.78 is 15.2. The van der Waals surface area contributed by atoms with E-state index in [1.807, 2.05) is 12.2 Å². The van der Waals surface area contributed by atoms with E-state index in [4.69, 9.17) is 14.2 Å². The first-order chi connectivity index (χ1) is 5.33. The summed E-state index contributed by atoms with van der Waals surface area (Å²) in [6.45, 7) is 0. The van der Waals surface area contributed by atoms with Crippen LogP contribution in [0.1, 0.15) is 0 Å². The molecule has 0 aliphatic heterocycles.